The molecule has 0 saturated carbocycles. The number of benzene rings is 1. The number of amides is 2. The largest absolute Gasteiger partial charge is 0.467 e. The van der Waals surface area contributed by atoms with Crippen molar-refractivity contribution in [2.45, 2.75) is 26.3 Å². The van der Waals surface area contributed by atoms with Crippen molar-refractivity contribution < 1.29 is 28.7 Å². The predicted molar refractivity (Wildman–Crippen MR) is 98.1 cm³/mol. The third kappa shape index (κ3) is 8.54. The minimum atomic E-state index is -0.814. The molecule has 0 saturated heterocycles. The zero-order chi connectivity index (χ0) is 20.4. The van der Waals surface area contributed by atoms with Crippen LogP contribution in [0.2, 0.25) is 5.02 Å². The normalized spacial score (nSPS) is 11.4. The van der Waals surface area contributed by atoms with Gasteiger partial charge in [-0.25, -0.2) is 4.79 Å². The number of rotatable bonds is 9. The van der Waals surface area contributed by atoms with Gasteiger partial charge in [-0.05, 0) is 36.6 Å². The zero-order valence-corrected chi connectivity index (χ0v) is 16.2. The molecule has 148 valence electrons. The smallest absolute Gasteiger partial charge is 0.328 e. The van der Waals surface area contributed by atoms with Crippen molar-refractivity contribution in [3.8, 4) is 0 Å². The molecule has 0 unspecified atom stereocenters. The van der Waals surface area contributed by atoms with E-state index in [1.54, 1.807) is 12.1 Å². The maximum absolute atomic E-state index is 11.9. The van der Waals surface area contributed by atoms with E-state index in [0.29, 0.717) is 17.0 Å². The van der Waals surface area contributed by atoms with E-state index in [2.05, 4.69) is 15.4 Å². The van der Waals surface area contributed by atoms with Crippen LogP contribution in [-0.2, 0) is 23.9 Å². The molecule has 0 aliphatic carbocycles. The second-order valence-electron chi connectivity index (χ2n) is 6.12. The monoisotopic (exact) mass is 398 g/mol. The van der Waals surface area contributed by atoms with Crippen LogP contribution in [0.15, 0.2) is 24.3 Å². The Kier molecular flexibility index (Phi) is 9.29. The molecule has 0 radical (unpaired) electrons. The van der Waals surface area contributed by atoms with E-state index in [1.165, 1.54) is 19.2 Å². The van der Waals surface area contributed by atoms with Crippen LogP contribution in [0.3, 0.4) is 0 Å². The Balaban J connectivity index is 2.39. The Morgan fingerprint density at radius 3 is 2.30 bits per heavy atom. The molecule has 0 aliphatic heterocycles. The van der Waals surface area contributed by atoms with Crippen molar-refractivity contribution in [3.05, 3.63) is 34.9 Å². The molecule has 1 aromatic rings. The average molecular weight is 399 g/mol. The second-order valence-corrected chi connectivity index (χ2v) is 6.56. The summed E-state index contributed by atoms with van der Waals surface area (Å²) in [7, 11) is 1.23. The number of esters is 2. The van der Waals surface area contributed by atoms with Gasteiger partial charge in [0.1, 0.15) is 12.6 Å². The fourth-order valence-electron chi connectivity index (χ4n) is 2.12. The molecule has 0 aromatic heterocycles. The number of methoxy groups -OCH3 is 1. The van der Waals surface area contributed by atoms with Crippen molar-refractivity contribution >= 4 is 35.4 Å². The lowest BCUT2D eigenvalue weighted by Gasteiger charge is -2.18. The molecule has 0 heterocycles. The van der Waals surface area contributed by atoms with Crippen LogP contribution < -0.4 is 10.6 Å². The van der Waals surface area contributed by atoms with E-state index in [9.17, 15) is 19.2 Å². The highest BCUT2D eigenvalue weighted by Gasteiger charge is 2.23. The molecule has 8 nitrogen and oxygen atoms in total. The molecular weight excluding hydrogens is 376 g/mol. The number of halogens is 1. The molecule has 9 heteroatoms. The van der Waals surface area contributed by atoms with Crippen LogP contribution in [0.1, 0.15) is 30.6 Å². The molecule has 0 spiro atoms. The molecule has 0 aliphatic rings. The molecule has 27 heavy (non-hydrogen) atoms. The molecule has 1 rings (SSSR count). The van der Waals surface area contributed by atoms with Crippen molar-refractivity contribution in [2.24, 2.45) is 5.92 Å². The molecule has 0 fully saturated rings. The van der Waals surface area contributed by atoms with Crippen molar-refractivity contribution in [1.82, 2.24) is 10.6 Å². The van der Waals surface area contributed by atoms with E-state index in [1.807, 2.05) is 13.8 Å². The second kappa shape index (κ2) is 11.2. The first-order valence-electron chi connectivity index (χ1n) is 8.29. The lowest BCUT2D eigenvalue weighted by atomic mass is 10.0. The molecule has 2 amide bonds. The van der Waals surface area contributed by atoms with Gasteiger partial charge in [-0.1, -0.05) is 25.4 Å². The molecule has 1 aromatic carbocycles. The quantitative estimate of drug-likeness (QED) is 0.607. The number of hydrogen-bond donors (Lipinski definition) is 2. The first kappa shape index (κ1) is 22.4. The lowest BCUT2D eigenvalue weighted by Crippen LogP contribution is -2.44. The predicted octanol–water partition coefficient (Wildman–Crippen LogP) is 1.32. The summed E-state index contributed by atoms with van der Waals surface area (Å²) in [5.41, 5.74) is 0.333. The topological polar surface area (TPSA) is 111 Å². The minimum absolute atomic E-state index is 0.153. The SMILES string of the molecule is COC(=O)[C@H](CC(C)C)NC(=O)COC(=O)CNC(=O)c1ccc(Cl)cc1. The van der Waals surface area contributed by atoms with Gasteiger partial charge in [0.05, 0.1) is 7.11 Å². The maximum atomic E-state index is 11.9. The third-order valence-corrected chi connectivity index (χ3v) is 3.64. The number of carbonyl (C=O) groups excluding carboxylic acids is 4. The highest BCUT2D eigenvalue weighted by molar-refractivity contribution is 6.30. The summed E-state index contributed by atoms with van der Waals surface area (Å²) in [4.78, 5) is 47.0. The van der Waals surface area contributed by atoms with Gasteiger partial charge in [0.2, 0.25) is 0 Å². The zero-order valence-electron chi connectivity index (χ0n) is 15.4. The van der Waals surface area contributed by atoms with E-state index in [-0.39, 0.29) is 5.92 Å². The van der Waals surface area contributed by atoms with E-state index in [0.717, 1.165) is 0 Å². The first-order valence-corrected chi connectivity index (χ1v) is 8.67. The standard InChI is InChI=1S/C18H23ClN2O6/c1-11(2)8-14(18(25)26-3)21-15(22)10-27-16(23)9-20-17(24)12-4-6-13(19)7-5-12/h4-7,11,14H,8-10H2,1-3H3,(H,20,24)(H,21,22)/t14-/m0/s1. The first-order chi connectivity index (χ1) is 12.7. The summed E-state index contributed by atoms with van der Waals surface area (Å²) in [6.07, 6.45) is 0.392. The summed E-state index contributed by atoms with van der Waals surface area (Å²) in [5, 5.41) is 5.32. The van der Waals surface area contributed by atoms with Crippen LogP contribution in [-0.4, -0.2) is 50.1 Å². The fourth-order valence-corrected chi connectivity index (χ4v) is 2.24. The summed E-state index contributed by atoms with van der Waals surface area (Å²) >= 11 is 5.73. The van der Waals surface area contributed by atoms with E-state index in [4.69, 9.17) is 16.3 Å². The van der Waals surface area contributed by atoms with Crippen molar-refractivity contribution in [3.63, 3.8) is 0 Å². The number of nitrogens with one attached hydrogen (secondary N) is 2. The fraction of sp³-hybridized carbons (Fsp3) is 0.444. The van der Waals surface area contributed by atoms with Gasteiger partial charge in [-0.15, -0.1) is 0 Å². The summed E-state index contributed by atoms with van der Waals surface area (Å²) < 4.78 is 9.43. The molecule has 0 bridgehead atoms. The molecule has 1 atom stereocenters. The highest BCUT2D eigenvalue weighted by Crippen LogP contribution is 2.09. The summed E-state index contributed by atoms with van der Waals surface area (Å²) in [5.74, 6) is -2.32. The van der Waals surface area contributed by atoms with Gasteiger partial charge in [-0.3, -0.25) is 14.4 Å². The maximum Gasteiger partial charge on any atom is 0.328 e. The number of ether oxygens (including phenoxy) is 2. The number of hydrogen-bond acceptors (Lipinski definition) is 6. The Hall–Kier alpha value is -2.61. The van der Waals surface area contributed by atoms with Crippen molar-refractivity contribution in [1.29, 1.82) is 0 Å². The Bertz CT molecular complexity index is 675. The van der Waals surface area contributed by atoms with Gasteiger partial charge in [-0.2, -0.15) is 0 Å². The van der Waals surface area contributed by atoms with E-state index < -0.39 is 42.9 Å². The summed E-state index contributed by atoms with van der Waals surface area (Å²) in [6, 6.07) is 5.31. The number of carbonyl (C=O) groups is 4. The van der Waals surface area contributed by atoms with Crippen LogP contribution >= 0.6 is 11.6 Å². The average Bonchev–Trinajstić information content (AvgIpc) is 2.63. The summed E-state index contributed by atoms with van der Waals surface area (Å²) in [6.45, 7) is 2.82. The Morgan fingerprint density at radius 2 is 1.74 bits per heavy atom. The van der Waals surface area contributed by atoms with Gasteiger partial charge in [0.25, 0.3) is 11.8 Å². The van der Waals surface area contributed by atoms with Gasteiger partial charge >= 0.3 is 11.9 Å². The van der Waals surface area contributed by atoms with Crippen molar-refractivity contribution in [2.75, 3.05) is 20.3 Å². The van der Waals surface area contributed by atoms with Gasteiger partial charge < -0.3 is 20.1 Å². The Labute approximate surface area is 162 Å². The van der Waals surface area contributed by atoms with Crippen LogP contribution in [0, 0.1) is 5.92 Å². The van der Waals surface area contributed by atoms with Crippen LogP contribution in [0.5, 0.6) is 0 Å². The van der Waals surface area contributed by atoms with Gasteiger partial charge in [0.15, 0.2) is 6.61 Å². The lowest BCUT2D eigenvalue weighted by molar-refractivity contribution is -0.149. The third-order valence-electron chi connectivity index (χ3n) is 3.39. The van der Waals surface area contributed by atoms with E-state index >= 15 is 0 Å². The van der Waals surface area contributed by atoms with Crippen LogP contribution in [0.4, 0.5) is 0 Å². The van der Waals surface area contributed by atoms with Crippen LogP contribution in [0.25, 0.3) is 0 Å². The Morgan fingerprint density at radius 1 is 1.11 bits per heavy atom. The molecule has 2 N–H and O–H groups in total. The minimum Gasteiger partial charge on any atom is -0.467 e. The molecular formula is C18H23ClN2O6. The van der Waals surface area contributed by atoms with Gasteiger partial charge in [0, 0.05) is 10.6 Å². The highest BCUT2D eigenvalue weighted by atomic mass is 35.5.